The van der Waals surface area contributed by atoms with Crippen molar-refractivity contribution in [2.45, 2.75) is 57.6 Å². The summed E-state index contributed by atoms with van der Waals surface area (Å²) in [4.78, 5) is 40.4. The predicted molar refractivity (Wildman–Crippen MR) is 159 cm³/mol. The Labute approximate surface area is 247 Å². The van der Waals surface area contributed by atoms with Crippen molar-refractivity contribution in [2.75, 3.05) is 13.2 Å². The molecule has 3 aromatic carbocycles. The van der Waals surface area contributed by atoms with E-state index in [2.05, 4.69) is 5.32 Å². The Kier molecular flexibility index (Phi) is 12.1. The number of amides is 2. The van der Waals surface area contributed by atoms with E-state index in [-0.39, 0.29) is 18.1 Å². The molecule has 3 atom stereocenters. The summed E-state index contributed by atoms with van der Waals surface area (Å²) < 4.78 is 11.7. The number of rotatable bonds is 10. The molecule has 0 saturated heterocycles. The molecule has 0 radical (unpaired) electrons. The number of benzene rings is 3. The number of carbonyl (C=O) groups is 3. The molecule has 0 fully saturated rings. The summed E-state index contributed by atoms with van der Waals surface area (Å²) in [5.41, 5.74) is 4.24. The van der Waals surface area contributed by atoms with Crippen LogP contribution >= 0.6 is 0 Å². The first-order valence-electron chi connectivity index (χ1n) is 14.7. The molecule has 42 heavy (non-hydrogen) atoms. The highest BCUT2D eigenvalue weighted by atomic mass is 16.5. The number of hydrogen-bond donors (Lipinski definition) is 3. The standard InChI is InChI=1S/C34H40N2O6/c37-32(27-13-5-2-6-14-27)31-23-25-17-19-28(20-18-25)42-22-10-8-16-30(34(39)36-40)29(33(38)35-31)15-7-9-21-41-24-26-11-3-1-4-12-26/h1-6,11-14,17-20,29-31,40H,7-10,15-16,21-24H2,(H,35,38)(H,36,39)/t29?,30-,31?/m0/s1. The highest BCUT2D eigenvalue weighted by Gasteiger charge is 2.35. The van der Waals surface area contributed by atoms with E-state index in [1.54, 1.807) is 29.7 Å². The lowest BCUT2D eigenvalue weighted by atomic mass is 9.82. The molecule has 2 bridgehead atoms. The molecule has 3 N–H and O–H groups in total. The van der Waals surface area contributed by atoms with E-state index in [1.807, 2.05) is 60.7 Å². The molecule has 2 aliphatic rings. The minimum atomic E-state index is -0.827. The van der Waals surface area contributed by atoms with Gasteiger partial charge in [-0.05, 0) is 55.4 Å². The number of fused-ring (bicyclic) bond motifs is 12. The van der Waals surface area contributed by atoms with E-state index in [4.69, 9.17) is 9.47 Å². The Balaban J connectivity index is 1.51. The fourth-order valence-electron chi connectivity index (χ4n) is 5.35. The van der Waals surface area contributed by atoms with E-state index < -0.39 is 23.8 Å². The van der Waals surface area contributed by atoms with Crippen LogP contribution in [0.2, 0.25) is 0 Å². The summed E-state index contributed by atoms with van der Waals surface area (Å²) in [6.45, 7) is 1.49. The van der Waals surface area contributed by atoms with E-state index in [9.17, 15) is 19.6 Å². The normalized spacial score (nSPS) is 19.5. The van der Waals surface area contributed by atoms with Crippen LogP contribution in [0, 0.1) is 11.8 Å². The minimum Gasteiger partial charge on any atom is -0.494 e. The monoisotopic (exact) mass is 572 g/mol. The largest absolute Gasteiger partial charge is 0.494 e. The SMILES string of the molecule is O=C(c1ccccc1)C1Cc2ccc(cc2)OCCCC[C@H](C(=O)NO)C(CCCCOCc2ccccc2)C(=O)N1. The van der Waals surface area contributed by atoms with Gasteiger partial charge < -0.3 is 14.8 Å². The number of nitrogens with one attached hydrogen (secondary N) is 2. The highest BCUT2D eigenvalue weighted by molar-refractivity contribution is 6.02. The van der Waals surface area contributed by atoms with Gasteiger partial charge in [-0.2, -0.15) is 0 Å². The minimum absolute atomic E-state index is 0.204. The zero-order valence-corrected chi connectivity index (χ0v) is 23.9. The van der Waals surface area contributed by atoms with Crippen molar-refractivity contribution in [2.24, 2.45) is 11.8 Å². The van der Waals surface area contributed by atoms with Gasteiger partial charge in [0.15, 0.2) is 5.78 Å². The van der Waals surface area contributed by atoms with Crippen LogP contribution in [0.3, 0.4) is 0 Å². The molecule has 8 nitrogen and oxygen atoms in total. The van der Waals surface area contributed by atoms with Crippen LogP contribution in [0.1, 0.15) is 60.0 Å². The molecule has 8 heteroatoms. The fraction of sp³-hybridized carbons (Fsp3) is 0.382. The lowest BCUT2D eigenvalue weighted by Crippen LogP contribution is -2.48. The third-order valence-electron chi connectivity index (χ3n) is 7.67. The first-order valence-corrected chi connectivity index (χ1v) is 14.7. The Morgan fingerprint density at radius 1 is 0.929 bits per heavy atom. The van der Waals surface area contributed by atoms with Crippen molar-refractivity contribution >= 4 is 17.6 Å². The Morgan fingerprint density at radius 3 is 2.36 bits per heavy atom. The zero-order chi connectivity index (χ0) is 29.6. The molecule has 2 heterocycles. The van der Waals surface area contributed by atoms with Crippen molar-refractivity contribution in [3.63, 3.8) is 0 Å². The van der Waals surface area contributed by atoms with Gasteiger partial charge in [-0.3, -0.25) is 19.6 Å². The smallest absolute Gasteiger partial charge is 0.247 e. The molecule has 2 amide bonds. The van der Waals surface area contributed by atoms with Crippen LogP contribution in [0.15, 0.2) is 84.9 Å². The highest BCUT2D eigenvalue weighted by Crippen LogP contribution is 2.26. The van der Waals surface area contributed by atoms with Crippen LogP contribution in [-0.2, 0) is 27.4 Å². The van der Waals surface area contributed by atoms with Gasteiger partial charge in [0.25, 0.3) is 0 Å². The van der Waals surface area contributed by atoms with Gasteiger partial charge in [-0.25, -0.2) is 5.48 Å². The van der Waals surface area contributed by atoms with E-state index in [0.717, 1.165) is 16.9 Å². The van der Waals surface area contributed by atoms with Crippen molar-refractivity contribution in [3.8, 4) is 5.75 Å². The second-order valence-electron chi connectivity index (χ2n) is 10.7. The third kappa shape index (κ3) is 9.26. The lowest BCUT2D eigenvalue weighted by molar-refractivity contribution is -0.141. The topological polar surface area (TPSA) is 114 Å². The van der Waals surface area contributed by atoms with Gasteiger partial charge in [0, 0.05) is 24.5 Å². The fourth-order valence-corrected chi connectivity index (χ4v) is 5.35. The van der Waals surface area contributed by atoms with Crippen LogP contribution in [-0.4, -0.2) is 42.1 Å². The molecule has 222 valence electrons. The van der Waals surface area contributed by atoms with Gasteiger partial charge in [0.1, 0.15) is 5.75 Å². The average Bonchev–Trinajstić information content (AvgIpc) is 3.04. The number of ether oxygens (including phenoxy) is 2. The van der Waals surface area contributed by atoms with Gasteiger partial charge >= 0.3 is 0 Å². The summed E-state index contributed by atoms with van der Waals surface area (Å²) in [6, 6.07) is 25.5. The van der Waals surface area contributed by atoms with Crippen LogP contribution in [0.25, 0.3) is 0 Å². The summed E-state index contributed by atoms with van der Waals surface area (Å²) in [6.07, 6.45) is 3.76. The molecule has 0 spiro atoms. The third-order valence-corrected chi connectivity index (χ3v) is 7.67. The maximum atomic E-state index is 13.9. The first-order chi connectivity index (χ1) is 20.5. The quantitative estimate of drug-likeness (QED) is 0.132. The molecule has 5 rings (SSSR count). The van der Waals surface area contributed by atoms with Crippen LogP contribution < -0.4 is 15.5 Å². The van der Waals surface area contributed by atoms with Crippen molar-refractivity contribution in [3.05, 3.63) is 102 Å². The Hall–Kier alpha value is -4.01. The predicted octanol–water partition coefficient (Wildman–Crippen LogP) is 5.28. The van der Waals surface area contributed by atoms with Crippen LogP contribution in [0.5, 0.6) is 5.75 Å². The summed E-state index contributed by atoms with van der Waals surface area (Å²) in [7, 11) is 0. The number of Topliss-reactive ketones (excluding diaryl/α,β-unsaturated/α-hetero) is 1. The van der Waals surface area contributed by atoms with Crippen molar-refractivity contribution in [1.29, 1.82) is 0 Å². The number of hydrogen-bond acceptors (Lipinski definition) is 6. The molecule has 3 aromatic rings. The maximum Gasteiger partial charge on any atom is 0.247 e. The molecule has 0 aromatic heterocycles. The molecule has 0 saturated carbocycles. The van der Waals surface area contributed by atoms with Crippen LogP contribution in [0.4, 0.5) is 0 Å². The lowest BCUT2D eigenvalue weighted by Gasteiger charge is -2.27. The van der Waals surface area contributed by atoms with Gasteiger partial charge in [-0.15, -0.1) is 0 Å². The molecule has 0 aliphatic carbocycles. The van der Waals surface area contributed by atoms with Gasteiger partial charge in [-0.1, -0.05) is 79.2 Å². The summed E-state index contributed by atoms with van der Waals surface area (Å²) in [5, 5.41) is 12.6. The van der Waals surface area contributed by atoms with Crippen molar-refractivity contribution < 1.29 is 29.1 Å². The maximum absolute atomic E-state index is 13.9. The average molecular weight is 573 g/mol. The zero-order valence-electron chi connectivity index (χ0n) is 23.9. The summed E-state index contributed by atoms with van der Waals surface area (Å²) in [5.74, 6) is -1.94. The number of hydroxylamine groups is 1. The van der Waals surface area contributed by atoms with Gasteiger partial charge in [0.2, 0.25) is 11.8 Å². The Morgan fingerprint density at radius 2 is 1.64 bits per heavy atom. The summed E-state index contributed by atoms with van der Waals surface area (Å²) >= 11 is 0. The Bertz CT molecular complexity index is 1270. The first kappa shape index (κ1) is 30.9. The molecule has 2 unspecified atom stereocenters. The number of ketones is 1. The number of unbranched alkanes of at least 4 members (excludes halogenated alkanes) is 1. The van der Waals surface area contributed by atoms with E-state index >= 15 is 0 Å². The van der Waals surface area contributed by atoms with Crippen molar-refractivity contribution in [1.82, 2.24) is 10.8 Å². The number of carbonyl (C=O) groups excluding carboxylic acids is 3. The second kappa shape index (κ2) is 16.4. The van der Waals surface area contributed by atoms with Gasteiger partial charge in [0.05, 0.1) is 25.2 Å². The van der Waals surface area contributed by atoms with E-state index in [1.165, 1.54) is 0 Å². The molecule has 2 aliphatic heterocycles. The van der Waals surface area contributed by atoms with E-state index in [0.29, 0.717) is 63.9 Å². The molecular formula is C34H40N2O6. The molecular weight excluding hydrogens is 532 g/mol. The second-order valence-corrected chi connectivity index (χ2v) is 10.7.